The maximum Gasteiger partial charge on any atom is 0.281 e. The summed E-state index contributed by atoms with van der Waals surface area (Å²) in [5.41, 5.74) is 8.18. The molecule has 1 aliphatic rings. The van der Waals surface area contributed by atoms with Crippen LogP contribution in [0.4, 0.5) is 0 Å². The molecule has 2 heterocycles. The van der Waals surface area contributed by atoms with Crippen molar-refractivity contribution in [1.29, 1.82) is 0 Å². The molecule has 6 heteroatoms. The molecular formula is C23H24ClN3OS. The molecule has 1 amide bonds. The lowest BCUT2D eigenvalue weighted by Gasteiger charge is -2.16. The van der Waals surface area contributed by atoms with E-state index in [1.54, 1.807) is 17.6 Å². The first-order valence-corrected chi connectivity index (χ1v) is 11.0. The van der Waals surface area contributed by atoms with Gasteiger partial charge in [-0.05, 0) is 81.0 Å². The third-order valence-electron chi connectivity index (χ3n) is 5.48. The summed E-state index contributed by atoms with van der Waals surface area (Å²) < 4.78 is 2.15. The van der Waals surface area contributed by atoms with Crippen LogP contribution in [-0.4, -0.2) is 16.7 Å². The molecule has 0 fully saturated rings. The van der Waals surface area contributed by atoms with E-state index < -0.39 is 0 Å². The van der Waals surface area contributed by atoms with Crippen LogP contribution in [0.1, 0.15) is 50.4 Å². The molecule has 1 aromatic carbocycles. The third-order valence-corrected chi connectivity index (χ3v) is 6.97. The van der Waals surface area contributed by atoms with Gasteiger partial charge in [0, 0.05) is 32.5 Å². The van der Waals surface area contributed by atoms with E-state index in [9.17, 15) is 4.79 Å². The second kappa shape index (κ2) is 8.17. The summed E-state index contributed by atoms with van der Waals surface area (Å²) in [7, 11) is 0. The molecule has 1 aliphatic carbocycles. The smallest absolute Gasteiger partial charge is 0.281 e. The number of nitrogens with zero attached hydrogens (tertiary/aromatic N) is 2. The quantitative estimate of drug-likeness (QED) is 0.423. The number of amides is 1. The number of halogens is 1. The number of carbonyl (C=O) groups excluding carboxylic acids is 1. The summed E-state index contributed by atoms with van der Waals surface area (Å²) in [5, 5.41) is 4.92. The number of rotatable bonds is 4. The zero-order chi connectivity index (χ0) is 20.5. The first kappa shape index (κ1) is 19.9. The van der Waals surface area contributed by atoms with Crippen molar-refractivity contribution in [3.05, 3.63) is 73.7 Å². The van der Waals surface area contributed by atoms with Crippen molar-refractivity contribution in [2.45, 2.75) is 40.0 Å². The number of benzene rings is 1. The lowest BCUT2D eigenvalue weighted by atomic mass is 9.90. The second-order valence-electron chi connectivity index (χ2n) is 7.74. The van der Waals surface area contributed by atoms with E-state index in [0.717, 1.165) is 40.4 Å². The second-order valence-corrected chi connectivity index (χ2v) is 9.32. The van der Waals surface area contributed by atoms with Gasteiger partial charge in [-0.25, -0.2) is 5.43 Å². The van der Waals surface area contributed by atoms with Crippen LogP contribution in [-0.2, 0) is 12.8 Å². The molecule has 1 N–H and O–H groups in total. The van der Waals surface area contributed by atoms with E-state index in [1.807, 2.05) is 37.3 Å². The van der Waals surface area contributed by atoms with Crippen LogP contribution in [0, 0.1) is 19.8 Å². The molecule has 0 bridgehead atoms. The molecule has 2 aromatic heterocycles. The van der Waals surface area contributed by atoms with Crippen molar-refractivity contribution in [2.75, 3.05) is 0 Å². The molecule has 1 atom stereocenters. The topological polar surface area (TPSA) is 46.4 Å². The number of hydrogen-bond donors (Lipinski definition) is 1. The van der Waals surface area contributed by atoms with Gasteiger partial charge < -0.3 is 4.57 Å². The lowest BCUT2D eigenvalue weighted by Crippen LogP contribution is -2.16. The first-order valence-electron chi connectivity index (χ1n) is 9.82. The third kappa shape index (κ3) is 4.16. The number of carbonyl (C=O) groups is 1. The van der Waals surface area contributed by atoms with Gasteiger partial charge in [-0.15, -0.1) is 11.3 Å². The summed E-state index contributed by atoms with van der Waals surface area (Å²) in [4.78, 5) is 14.6. The molecule has 0 aliphatic heterocycles. The predicted molar refractivity (Wildman–Crippen MR) is 121 cm³/mol. The van der Waals surface area contributed by atoms with Gasteiger partial charge in [0.2, 0.25) is 0 Å². The Labute approximate surface area is 180 Å². The van der Waals surface area contributed by atoms with Crippen LogP contribution in [0.15, 0.2) is 41.5 Å². The number of fused-ring (bicyclic) bond motifs is 1. The van der Waals surface area contributed by atoms with E-state index in [0.29, 0.717) is 10.9 Å². The fourth-order valence-electron chi connectivity index (χ4n) is 3.94. The first-order chi connectivity index (χ1) is 13.9. The van der Waals surface area contributed by atoms with Crippen LogP contribution < -0.4 is 5.43 Å². The summed E-state index contributed by atoms with van der Waals surface area (Å²) in [6, 6.07) is 11.8. The van der Waals surface area contributed by atoms with Gasteiger partial charge in [0.1, 0.15) is 0 Å². The largest absolute Gasteiger partial charge is 0.318 e. The molecule has 4 nitrogen and oxygen atoms in total. The molecular weight excluding hydrogens is 402 g/mol. The lowest BCUT2D eigenvalue weighted by molar-refractivity contribution is 0.0959. The molecule has 0 radical (unpaired) electrons. The monoisotopic (exact) mass is 425 g/mol. The predicted octanol–water partition coefficient (Wildman–Crippen LogP) is 5.70. The van der Waals surface area contributed by atoms with Gasteiger partial charge in [-0.1, -0.05) is 18.5 Å². The normalized spacial score (nSPS) is 16.2. The highest BCUT2D eigenvalue weighted by Crippen LogP contribution is 2.32. The highest BCUT2D eigenvalue weighted by atomic mass is 35.5. The number of nitrogens with one attached hydrogen (secondary N) is 1. The standard InChI is InChI=1S/C23H24ClN3OS/c1-14-4-9-21-17(10-14)12-22(29-21)23(28)26-25-13-18-11-15(2)27(16(18)3)20-7-5-19(24)6-8-20/h5-8,11-14H,4,9-10H2,1-3H3,(H,26,28)/b25-13+. The van der Waals surface area contributed by atoms with Crippen molar-refractivity contribution in [3.8, 4) is 5.69 Å². The minimum absolute atomic E-state index is 0.139. The molecule has 0 saturated carbocycles. The van der Waals surface area contributed by atoms with Gasteiger partial charge in [-0.3, -0.25) is 4.79 Å². The Morgan fingerprint density at radius 2 is 2.03 bits per heavy atom. The van der Waals surface area contributed by atoms with Crippen molar-refractivity contribution in [2.24, 2.45) is 11.0 Å². The minimum atomic E-state index is -0.139. The molecule has 29 heavy (non-hydrogen) atoms. The van der Waals surface area contributed by atoms with Crippen LogP contribution in [0.2, 0.25) is 5.02 Å². The molecule has 1 unspecified atom stereocenters. The van der Waals surface area contributed by atoms with Crippen LogP contribution >= 0.6 is 22.9 Å². The number of thiophene rings is 1. The number of hydrogen-bond acceptors (Lipinski definition) is 3. The number of aryl methyl sites for hydroxylation is 2. The number of hydrazone groups is 1. The average molecular weight is 426 g/mol. The van der Waals surface area contributed by atoms with E-state index >= 15 is 0 Å². The molecule has 0 spiro atoms. The summed E-state index contributed by atoms with van der Waals surface area (Å²) in [6.07, 6.45) is 5.06. The van der Waals surface area contributed by atoms with Gasteiger partial charge in [0.25, 0.3) is 5.91 Å². The summed E-state index contributed by atoms with van der Waals surface area (Å²) in [5.74, 6) is 0.557. The van der Waals surface area contributed by atoms with Crippen LogP contribution in [0.25, 0.3) is 5.69 Å². The Morgan fingerprint density at radius 1 is 1.28 bits per heavy atom. The van der Waals surface area contributed by atoms with Gasteiger partial charge in [0.05, 0.1) is 11.1 Å². The Hall–Kier alpha value is -2.37. The average Bonchev–Trinajstić information content (AvgIpc) is 3.23. The number of aromatic nitrogens is 1. The maximum absolute atomic E-state index is 12.5. The Balaban J connectivity index is 1.48. The van der Waals surface area contributed by atoms with Crippen molar-refractivity contribution in [1.82, 2.24) is 9.99 Å². The van der Waals surface area contributed by atoms with Crippen molar-refractivity contribution >= 4 is 35.1 Å². The molecule has 0 saturated heterocycles. The van der Waals surface area contributed by atoms with Gasteiger partial charge in [-0.2, -0.15) is 5.10 Å². The molecule has 3 aromatic rings. The Kier molecular flexibility index (Phi) is 5.61. The Morgan fingerprint density at radius 3 is 2.79 bits per heavy atom. The summed E-state index contributed by atoms with van der Waals surface area (Å²) in [6.45, 7) is 6.36. The fraction of sp³-hybridized carbons (Fsp3) is 0.304. The van der Waals surface area contributed by atoms with Gasteiger partial charge in [0.15, 0.2) is 0 Å². The van der Waals surface area contributed by atoms with Crippen molar-refractivity contribution in [3.63, 3.8) is 0 Å². The Bertz CT molecular complexity index is 1080. The molecule has 150 valence electrons. The van der Waals surface area contributed by atoms with Crippen LogP contribution in [0.5, 0.6) is 0 Å². The maximum atomic E-state index is 12.5. The molecule has 4 rings (SSSR count). The fourth-order valence-corrected chi connectivity index (χ4v) is 5.16. The van der Waals surface area contributed by atoms with E-state index in [1.165, 1.54) is 16.9 Å². The van der Waals surface area contributed by atoms with Crippen molar-refractivity contribution < 1.29 is 4.79 Å². The highest BCUT2D eigenvalue weighted by molar-refractivity contribution is 7.14. The SMILES string of the molecule is Cc1cc(/C=N/NC(=O)c2cc3c(s2)CCC(C)C3)c(C)n1-c1ccc(Cl)cc1. The van der Waals surface area contributed by atoms with Gasteiger partial charge >= 0.3 is 0 Å². The van der Waals surface area contributed by atoms with E-state index in [4.69, 9.17) is 11.6 Å². The summed E-state index contributed by atoms with van der Waals surface area (Å²) >= 11 is 7.60. The highest BCUT2D eigenvalue weighted by Gasteiger charge is 2.20. The van der Waals surface area contributed by atoms with E-state index in [-0.39, 0.29) is 5.91 Å². The zero-order valence-corrected chi connectivity index (χ0v) is 18.4. The minimum Gasteiger partial charge on any atom is -0.318 e. The zero-order valence-electron chi connectivity index (χ0n) is 16.8. The van der Waals surface area contributed by atoms with Crippen LogP contribution in [0.3, 0.4) is 0 Å². The van der Waals surface area contributed by atoms with E-state index in [2.05, 4.69) is 35.0 Å².